The molecule has 0 unspecified atom stereocenters. The molecule has 1 aromatic carbocycles. The smallest absolute Gasteiger partial charge is 0.329 e. The monoisotopic (exact) mass is 294 g/mol. The van der Waals surface area contributed by atoms with Gasteiger partial charge in [-0.05, 0) is 17.0 Å². The number of para-hydroxylation sites is 1. The van der Waals surface area contributed by atoms with Crippen LogP contribution in [-0.4, -0.2) is 36.9 Å². The van der Waals surface area contributed by atoms with Crippen LogP contribution in [0.5, 0.6) is 0 Å². The zero-order valence-electron chi connectivity index (χ0n) is 12.6. The Kier molecular flexibility index (Phi) is 6.17. The van der Waals surface area contributed by atoms with Gasteiger partial charge in [0.05, 0.1) is 6.61 Å². The van der Waals surface area contributed by atoms with Crippen LogP contribution < -0.4 is 10.6 Å². The van der Waals surface area contributed by atoms with Crippen LogP contribution in [-0.2, 0) is 14.9 Å². The highest BCUT2D eigenvalue weighted by molar-refractivity contribution is 5.90. The first-order valence-electron chi connectivity index (χ1n) is 6.74. The van der Waals surface area contributed by atoms with Crippen molar-refractivity contribution in [1.29, 1.82) is 0 Å². The van der Waals surface area contributed by atoms with Gasteiger partial charge in [0.25, 0.3) is 0 Å². The van der Waals surface area contributed by atoms with E-state index in [0.717, 1.165) is 11.3 Å². The standard InChI is InChI=1S/C15H22N2O4/c1-15(2,3)11-6-4-5-7-12(11)17-14(20)16-8-9-21-10-13(18)19/h4-7H,8-10H2,1-3H3,(H,18,19)(H2,16,17,20). The number of carbonyl (C=O) groups is 2. The summed E-state index contributed by atoms with van der Waals surface area (Å²) in [6.07, 6.45) is 0. The minimum absolute atomic E-state index is 0.0749. The topological polar surface area (TPSA) is 87.7 Å². The van der Waals surface area contributed by atoms with E-state index in [1.54, 1.807) is 0 Å². The molecule has 1 aromatic rings. The molecule has 0 aliphatic rings. The maximum Gasteiger partial charge on any atom is 0.329 e. The predicted molar refractivity (Wildman–Crippen MR) is 80.6 cm³/mol. The van der Waals surface area contributed by atoms with Crippen LogP contribution in [0, 0.1) is 0 Å². The highest BCUT2D eigenvalue weighted by atomic mass is 16.5. The number of carboxylic acids is 1. The zero-order valence-corrected chi connectivity index (χ0v) is 12.6. The fourth-order valence-corrected chi connectivity index (χ4v) is 1.81. The lowest BCUT2D eigenvalue weighted by Gasteiger charge is -2.23. The van der Waals surface area contributed by atoms with Gasteiger partial charge in [-0.25, -0.2) is 9.59 Å². The second-order valence-corrected chi connectivity index (χ2v) is 5.62. The average Bonchev–Trinajstić information content (AvgIpc) is 2.37. The third-order valence-corrected chi connectivity index (χ3v) is 2.74. The van der Waals surface area contributed by atoms with Crippen LogP contribution in [0.4, 0.5) is 10.5 Å². The number of rotatable bonds is 6. The average molecular weight is 294 g/mol. The molecule has 0 aliphatic carbocycles. The maximum absolute atomic E-state index is 11.8. The molecule has 0 fully saturated rings. The summed E-state index contributed by atoms with van der Waals surface area (Å²) in [6, 6.07) is 7.28. The molecule has 6 nitrogen and oxygen atoms in total. The molecule has 116 valence electrons. The van der Waals surface area contributed by atoms with E-state index in [0.29, 0.717) is 0 Å². The van der Waals surface area contributed by atoms with Crippen molar-refractivity contribution in [1.82, 2.24) is 5.32 Å². The number of amides is 2. The van der Waals surface area contributed by atoms with E-state index in [1.165, 1.54) is 0 Å². The molecule has 0 heterocycles. The number of benzene rings is 1. The summed E-state index contributed by atoms with van der Waals surface area (Å²) >= 11 is 0. The number of nitrogens with one attached hydrogen (secondary N) is 2. The van der Waals surface area contributed by atoms with Crippen molar-refractivity contribution in [3.63, 3.8) is 0 Å². The zero-order chi connectivity index (χ0) is 15.9. The second-order valence-electron chi connectivity index (χ2n) is 5.62. The van der Waals surface area contributed by atoms with Crippen molar-refractivity contribution in [3.8, 4) is 0 Å². The Morgan fingerprint density at radius 2 is 1.90 bits per heavy atom. The molecule has 0 saturated heterocycles. The normalized spacial score (nSPS) is 11.0. The third kappa shape index (κ3) is 6.27. The Hall–Kier alpha value is -2.08. The van der Waals surface area contributed by atoms with Crippen LogP contribution in [0.2, 0.25) is 0 Å². The quantitative estimate of drug-likeness (QED) is 0.702. The molecule has 0 spiro atoms. The van der Waals surface area contributed by atoms with E-state index in [4.69, 9.17) is 9.84 Å². The second kappa shape index (κ2) is 7.64. The maximum atomic E-state index is 11.8. The van der Waals surface area contributed by atoms with Crippen LogP contribution in [0.15, 0.2) is 24.3 Å². The van der Waals surface area contributed by atoms with Crippen LogP contribution >= 0.6 is 0 Å². The number of urea groups is 1. The lowest BCUT2D eigenvalue weighted by molar-refractivity contribution is -0.142. The molecule has 0 aliphatic heterocycles. The molecule has 21 heavy (non-hydrogen) atoms. The van der Waals surface area contributed by atoms with Crippen LogP contribution in [0.25, 0.3) is 0 Å². The number of anilines is 1. The van der Waals surface area contributed by atoms with Gasteiger partial charge in [0.1, 0.15) is 6.61 Å². The Morgan fingerprint density at radius 1 is 1.24 bits per heavy atom. The van der Waals surface area contributed by atoms with Crippen molar-refractivity contribution in [3.05, 3.63) is 29.8 Å². The van der Waals surface area contributed by atoms with Crippen molar-refractivity contribution in [2.24, 2.45) is 0 Å². The van der Waals surface area contributed by atoms with Crippen LogP contribution in [0.1, 0.15) is 26.3 Å². The summed E-state index contributed by atoms with van der Waals surface area (Å²) in [4.78, 5) is 22.0. The first-order chi connectivity index (χ1) is 9.80. The van der Waals surface area contributed by atoms with Gasteiger partial charge in [-0.3, -0.25) is 0 Å². The molecular formula is C15H22N2O4. The molecule has 6 heteroatoms. The summed E-state index contributed by atoms with van der Waals surface area (Å²) in [7, 11) is 0. The number of hydrogen-bond acceptors (Lipinski definition) is 3. The van der Waals surface area contributed by atoms with Crippen molar-refractivity contribution >= 4 is 17.7 Å². The Morgan fingerprint density at radius 3 is 2.52 bits per heavy atom. The fraction of sp³-hybridized carbons (Fsp3) is 0.467. The van der Waals surface area contributed by atoms with E-state index in [9.17, 15) is 9.59 Å². The molecular weight excluding hydrogens is 272 g/mol. The first-order valence-corrected chi connectivity index (χ1v) is 6.74. The third-order valence-electron chi connectivity index (χ3n) is 2.74. The summed E-state index contributed by atoms with van der Waals surface area (Å²) in [5.41, 5.74) is 1.73. The van der Waals surface area contributed by atoms with E-state index in [-0.39, 0.29) is 31.2 Å². The van der Waals surface area contributed by atoms with E-state index in [1.807, 2.05) is 24.3 Å². The Balaban J connectivity index is 2.47. The molecule has 1 rings (SSSR count). The number of carboxylic acid groups (broad SMARTS) is 1. The molecule has 2 amide bonds. The summed E-state index contributed by atoms with van der Waals surface area (Å²) in [6.45, 7) is 6.26. The largest absolute Gasteiger partial charge is 0.480 e. The van der Waals surface area contributed by atoms with Gasteiger partial charge in [-0.1, -0.05) is 39.0 Å². The van der Waals surface area contributed by atoms with Gasteiger partial charge in [0, 0.05) is 12.2 Å². The number of carbonyl (C=O) groups excluding carboxylic acids is 1. The van der Waals surface area contributed by atoms with Gasteiger partial charge in [-0.15, -0.1) is 0 Å². The lowest BCUT2D eigenvalue weighted by atomic mass is 9.86. The molecule has 3 N–H and O–H groups in total. The minimum atomic E-state index is -1.03. The number of aliphatic carboxylic acids is 1. The molecule has 0 saturated carbocycles. The summed E-state index contributed by atoms with van der Waals surface area (Å²) < 4.78 is 4.83. The number of hydrogen-bond donors (Lipinski definition) is 3. The van der Waals surface area contributed by atoms with Gasteiger partial charge >= 0.3 is 12.0 Å². The van der Waals surface area contributed by atoms with Crippen molar-refractivity contribution in [2.45, 2.75) is 26.2 Å². The van der Waals surface area contributed by atoms with E-state index in [2.05, 4.69) is 31.4 Å². The van der Waals surface area contributed by atoms with E-state index < -0.39 is 5.97 Å². The van der Waals surface area contributed by atoms with Gasteiger partial charge < -0.3 is 20.5 Å². The molecule has 0 aromatic heterocycles. The fourth-order valence-electron chi connectivity index (χ4n) is 1.81. The Bertz CT molecular complexity index is 495. The first kappa shape index (κ1) is 17.0. The van der Waals surface area contributed by atoms with Gasteiger partial charge in [0.15, 0.2) is 0 Å². The Labute approximate surface area is 124 Å². The lowest BCUT2D eigenvalue weighted by Crippen LogP contribution is -2.32. The molecule has 0 bridgehead atoms. The highest BCUT2D eigenvalue weighted by Crippen LogP contribution is 2.28. The SMILES string of the molecule is CC(C)(C)c1ccccc1NC(=O)NCCOCC(=O)O. The van der Waals surface area contributed by atoms with Crippen LogP contribution in [0.3, 0.4) is 0 Å². The number of ether oxygens (including phenoxy) is 1. The minimum Gasteiger partial charge on any atom is -0.480 e. The summed E-state index contributed by atoms with van der Waals surface area (Å²) in [5, 5.41) is 13.8. The molecule has 0 radical (unpaired) electrons. The molecule has 0 atom stereocenters. The predicted octanol–water partition coefficient (Wildman–Crippen LogP) is 2.21. The van der Waals surface area contributed by atoms with Crippen molar-refractivity contribution in [2.75, 3.05) is 25.1 Å². The highest BCUT2D eigenvalue weighted by Gasteiger charge is 2.18. The van der Waals surface area contributed by atoms with Gasteiger partial charge in [-0.2, -0.15) is 0 Å². The summed E-state index contributed by atoms with van der Waals surface area (Å²) in [5.74, 6) is -1.03. The van der Waals surface area contributed by atoms with E-state index >= 15 is 0 Å². The van der Waals surface area contributed by atoms with Crippen molar-refractivity contribution < 1.29 is 19.4 Å². The van der Waals surface area contributed by atoms with Gasteiger partial charge in [0.2, 0.25) is 0 Å².